The van der Waals surface area contributed by atoms with Gasteiger partial charge in [-0.05, 0) is 57.8 Å². The summed E-state index contributed by atoms with van der Waals surface area (Å²) in [4.78, 5) is 23.7. The zero-order valence-corrected chi connectivity index (χ0v) is 17.2. The van der Waals surface area contributed by atoms with Crippen molar-refractivity contribution in [2.45, 2.75) is 19.8 Å². The summed E-state index contributed by atoms with van der Waals surface area (Å²) < 4.78 is 6.24. The van der Waals surface area contributed by atoms with Crippen LogP contribution >= 0.6 is 28.1 Å². The van der Waals surface area contributed by atoms with Crippen LogP contribution in [-0.4, -0.2) is 23.5 Å². The summed E-state index contributed by atoms with van der Waals surface area (Å²) in [6.45, 7) is 1.86. The van der Waals surface area contributed by atoms with Crippen molar-refractivity contribution in [1.29, 1.82) is 0 Å². The third-order valence-corrected chi connectivity index (χ3v) is 4.36. The minimum absolute atomic E-state index is 0.0118. The third-order valence-electron chi connectivity index (χ3n) is 3.54. The Morgan fingerprint density at radius 2 is 1.78 bits per heavy atom. The highest BCUT2D eigenvalue weighted by Gasteiger charge is 2.09. The van der Waals surface area contributed by atoms with Crippen LogP contribution in [0.15, 0.2) is 53.0 Å². The van der Waals surface area contributed by atoms with Crippen LogP contribution < -0.4 is 20.9 Å². The average Bonchev–Trinajstić information content (AvgIpc) is 2.66. The maximum Gasteiger partial charge on any atom is 0.276 e. The van der Waals surface area contributed by atoms with E-state index in [9.17, 15) is 9.59 Å². The quantitative estimate of drug-likeness (QED) is 0.466. The zero-order valence-electron chi connectivity index (χ0n) is 14.8. The number of ether oxygens (including phenoxy) is 1. The molecule has 0 atom stereocenters. The molecule has 0 spiro atoms. The second-order valence-electron chi connectivity index (χ2n) is 5.62. The number of carbonyl (C=O) groups is 2. The Kier molecular flexibility index (Phi) is 8.22. The fraction of sp³-hybridized carbons (Fsp3) is 0.211. The van der Waals surface area contributed by atoms with Crippen molar-refractivity contribution in [3.63, 3.8) is 0 Å². The minimum Gasteiger partial charge on any atom is -0.483 e. The number of hydrazine groups is 1. The van der Waals surface area contributed by atoms with E-state index in [1.165, 1.54) is 0 Å². The summed E-state index contributed by atoms with van der Waals surface area (Å²) in [6, 6.07) is 15.0. The van der Waals surface area contributed by atoms with Gasteiger partial charge in [0.1, 0.15) is 5.75 Å². The first kappa shape index (κ1) is 20.9. The second kappa shape index (κ2) is 10.6. The minimum atomic E-state index is -0.430. The van der Waals surface area contributed by atoms with Gasteiger partial charge < -0.3 is 10.1 Å². The molecule has 0 saturated carbocycles. The summed E-state index contributed by atoms with van der Waals surface area (Å²) in [7, 11) is 0. The summed E-state index contributed by atoms with van der Waals surface area (Å²) in [5.41, 5.74) is 6.89. The number of hydrogen-bond acceptors (Lipinski definition) is 4. The Hall–Kier alpha value is -2.45. The molecule has 0 heterocycles. The molecule has 0 aromatic heterocycles. The van der Waals surface area contributed by atoms with Crippen LogP contribution in [0.5, 0.6) is 5.75 Å². The number of nitrogens with one attached hydrogen (secondary N) is 3. The van der Waals surface area contributed by atoms with Crippen LogP contribution in [-0.2, 0) is 22.4 Å². The lowest BCUT2D eigenvalue weighted by Gasteiger charge is -2.12. The van der Waals surface area contributed by atoms with Crippen molar-refractivity contribution in [2.24, 2.45) is 0 Å². The molecule has 0 radical (unpaired) electrons. The van der Waals surface area contributed by atoms with Gasteiger partial charge >= 0.3 is 0 Å². The molecule has 0 aliphatic carbocycles. The molecule has 2 amide bonds. The molecular formula is C19H20BrN3O3S. The van der Waals surface area contributed by atoms with Gasteiger partial charge in [-0.25, -0.2) is 0 Å². The van der Waals surface area contributed by atoms with Crippen molar-refractivity contribution in [3.05, 3.63) is 64.1 Å². The Bertz CT molecular complexity index is 815. The number of rotatable bonds is 6. The van der Waals surface area contributed by atoms with Gasteiger partial charge in [-0.2, -0.15) is 0 Å². The summed E-state index contributed by atoms with van der Waals surface area (Å²) >= 11 is 8.40. The number of hydrogen-bond donors (Lipinski definition) is 3. The lowest BCUT2D eigenvalue weighted by molar-refractivity contribution is -0.124. The molecule has 2 rings (SSSR count). The first-order chi connectivity index (χ1) is 13.0. The summed E-state index contributed by atoms with van der Waals surface area (Å²) in [6.07, 6.45) is 1.11. The highest BCUT2D eigenvalue weighted by molar-refractivity contribution is 9.10. The van der Waals surface area contributed by atoms with E-state index >= 15 is 0 Å². The summed E-state index contributed by atoms with van der Waals surface area (Å²) in [5.74, 6) is -0.133. The highest BCUT2D eigenvalue weighted by Crippen LogP contribution is 2.26. The maximum absolute atomic E-state index is 11.9. The van der Waals surface area contributed by atoms with Crippen molar-refractivity contribution in [3.8, 4) is 5.75 Å². The molecule has 0 aliphatic heterocycles. The molecule has 27 heavy (non-hydrogen) atoms. The maximum atomic E-state index is 11.9. The molecule has 6 nitrogen and oxygen atoms in total. The fourth-order valence-electron chi connectivity index (χ4n) is 2.17. The first-order valence-corrected chi connectivity index (χ1v) is 9.52. The normalized spacial score (nSPS) is 10.0. The number of aryl methyl sites for hydroxylation is 1. The molecule has 142 valence electrons. The molecule has 0 unspecified atom stereocenters. The van der Waals surface area contributed by atoms with Gasteiger partial charge in [0.05, 0.1) is 10.9 Å². The molecular weight excluding hydrogens is 430 g/mol. The SMILES string of the molecule is CCc1ccc(OCC(=O)NNC(=S)NC(=O)Cc2ccccc2)c(Br)c1. The second-order valence-corrected chi connectivity index (χ2v) is 6.88. The van der Waals surface area contributed by atoms with Gasteiger partial charge in [-0.15, -0.1) is 0 Å². The van der Waals surface area contributed by atoms with E-state index in [-0.39, 0.29) is 24.0 Å². The van der Waals surface area contributed by atoms with E-state index in [1.54, 1.807) is 6.07 Å². The molecule has 8 heteroatoms. The average molecular weight is 450 g/mol. The number of carbonyl (C=O) groups excluding carboxylic acids is 2. The van der Waals surface area contributed by atoms with Crippen molar-refractivity contribution in [2.75, 3.05) is 6.61 Å². The van der Waals surface area contributed by atoms with E-state index in [1.807, 2.05) is 42.5 Å². The lowest BCUT2D eigenvalue weighted by atomic mass is 10.1. The number of halogens is 1. The lowest BCUT2D eigenvalue weighted by Crippen LogP contribution is -2.49. The molecule has 2 aromatic carbocycles. The fourth-order valence-corrected chi connectivity index (χ4v) is 2.88. The van der Waals surface area contributed by atoms with Gasteiger partial charge in [-0.1, -0.05) is 43.3 Å². The van der Waals surface area contributed by atoms with Gasteiger partial charge in [-0.3, -0.25) is 20.4 Å². The van der Waals surface area contributed by atoms with E-state index in [2.05, 4.69) is 39.0 Å². The Morgan fingerprint density at radius 3 is 2.44 bits per heavy atom. The van der Waals surface area contributed by atoms with E-state index < -0.39 is 5.91 Å². The van der Waals surface area contributed by atoms with E-state index in [0.29, 0.717) is 5.75 Å². The number of amides is 2. The van der Waals surface area contributed by atoms with Crippen LogP contribution in [0.4, 0.5) is 0 Å². The van der Waals surface area contributed by atoms with Crippen LogP contribution in [0.2, 0.25) is 0 Å². The molecule has 0 bridgehead atoms. The monoisotopic (exact) mass is 449 g/mol. The molecule has 0 fully saturated rings. The largest absolute Gasteiger partial charge is 0.483 e. The molecule has 0 aliphatic rings. The molecule has 0 saturated heterocycles. The highest BCUT2D eigenvalue weighted by atomic mass is 79.9. The van der Waals surface area contributed by atoms with E-state index in [0.717, 1.165) is 22.0 Å². The predicted octanol–water partition coefficient (Wildman–Crippen LogP) is 2.65. The smallest absolute Gasteiger partial charge is 0.276 e. The van der Waals surface area contributed by atoms with Gasteiger partial charge in [0, 0.05) is 0 Å². The van der Waals surface area contributed by atoms with Gasteiger partial charge in [0.15, 0.2) is 11.7 Å². The van der Waals surface area contributed by atoms with E-state index in [4.69, 9.17) is 17.0 Å². The van der Waals surface area contributed by atoms with Gasteiger partial charge in [0.2, 0.25) is 5.91 Å². The van der Waals surface area contributed by atoms with Crippen LogP contribution in [0, 0.1) is 0 Å². The van der Waals surface area contributed by atoms with Crippen molar-refractivity contribution >= 4 is 45.1 Å². The third kappa shape index (κ3) is 7.36. The Morgan fingerprint density at radius 1 is 1.04 bits per heavy atom. The van der Waals surface area contributed by atoms with Crippen LogP contribution in [0.1, 0.15) is 18.1 Å². The van der Waals surface area contributed by atoms with Crippen LogP contribution in [0.3, 0.4) is 0 Å². The number of benzene rings is 2. The molecule has 3 N–H and O–H groups in total. The number of thiocarbonyl (C=S) groups is 1. The van der Waals surface area contributed by atoms with Crippen molar-refractivity contribution < 1.29 is 14.3 Å². The standard InChI is InChI=1S/C19H20BrN3O3S/c1-2-13-8-9-16(15(20)10-13)26-12-18(25)22-23-19(27)21-17(24)11-14-6-4-3-5-7-14/h3-10H,2,11-12H2,1H3,(H,22,25)(H2,21,23,24,27). The first-order valence-electron chi connectivity index (χ1n) is 8.31. The predicted molar refractivity (Wildman–Crippen MR) is 111 cm³/mol. The molecule has 2 aromatic rings. The van der Waals surface area contributed by atoms with Crippen LogP contribution in [0.25, 0.3) is 0 Å². The zero-order chi connectivity index (χ0) is 19.6. The Labute approximate surface area is 171 Å². The van der Waals surface area contributed by atoms with Crippen molar-refractivity contribution in [1.82, 2.24) is 16.2 Å². The summed E-state index contributed by atoms with van der Waals surface area (Å²) in [5, 5.41) is 2.51. The van der Waals surface area contributed by atoms with Gasteiger partial charge in [0.25, 0.3) is 5.91 Å². The topological polar surface area (TPSA) is 79.5 Å². The Balaban J connectivity index is 1.70.